The molecule has 0 bridgehead atoms. The molecule has 90 valence electrons. The van der Waals surface area contributed by atoms with Gasteiger partial charge in [0.15, 0.2) is 0 Å². The number of oxime groups is 1. The van der Waals surface area contributed by atoms with Gasteiger partial charge in [0.2, 0.25) is 0 Å². The van der Waals surface area contributed by atoms with Gasteiger partial charge in [-0.3, -0.25) is 0 Å². The monoisotopic (exact) mass is 233 g/mol. The number of rotatable bonds is 2. The van der Waals surface area contributed by atoms with E-state index in [4.69, 9.17) is 9.94 Å². The minimum atomic E-state index is -0.278. The molecule has 2 rings (SSSR count). The first kappa shape index (κ1) is 11.6. The SMILES string of the molecule is O=C(OC1CCC(=NO)CC1)c1ccccc1. The fourth-order valence-electron chi connectivity index (χ4n) is 1.94. The molecular weight excluding hydrogens is 218 g/mol. The number of hydrogen-bond acceptors (Lipinski definition) is 4. The van der Waals surface area contributed by atoms with Crippen molar-refractivity contribution in [2.24, 2.45) is 5.16 Å². The van der Waals surface area contributed by atoms with Gasteiger partial charge < -0.3 is 9.94 Å². The molecule has 1 saturated carbocycles. The van der Waals surface area contributed by atoms with Gasteiger partial charge in [0.1, 0.15) is 6.10 Å². The Kier molecular flexibility index (Phi) is 3.75. The highest BCUT2D eigenvalue weighted by Gasteiger charge is 2.21. The van der Waals surface area contributed by atoms with Gasteiger partial charge in [-0.15, -0.1) is 0 Å². The van der Waals surface area contributed by atoms with Gasteiger partial charge in [0.25, 0.3) is 0 Å². The number of carbonyl (C=O) groups is 1. The predicted molar refractivity (Wildman–Crippen MR) is 63.3 cm³/mol. The number of benzene rings is 1. The fraction of sp³-hybridized carbons (Fsp3) is 0.385. The summed E-state index contributed by atoms with van der Waals surface area (Å²) in [5.74, 6) is -0.278. The molecule has 17 heavy (non-hydrogen) atoms. The fourth-order valence-corrected chi connectivity index (χ4v) is 1.94. The number of carbonyl (C=O) groups excluding carboxylic acids is 1. The summed E-state index contributed by atoms with van der Waals surface area (Å²) in [6, 6.07) is 8.97. The third-order valence-corrected chi connectivity index (χ3v) is 2.93. The van der Waals surface area contributed by atoms with Crippen LogP contribution in [0, 0.1) is 0 Å². The van der Waals surface area contributed by atoms with Crippen LogP contribution in [-0.2, 0) is 4.74 Å². The molecule has 4 nitrogen and oxygen atoms in total. The van der Waals surface area contributed by atoms with Crippen molar-refractivity contribution < 1.29 is 14.7 Å². The second-order valence-electron chi connectivity index (χ2n) is 4.14. The van der Waals surface area contributed by atoms with Crippen LogP contribution in [0.1, 0.15) is 36.0 Å². The molecule has 1 N–H and O–H groups in total. The van der Waals surface area contributed by atoms with E-state index < -0.39 is 0 Å². The molecule has 1 aromatic rings. The molecule has 0 heterocycles. The highest BCUT2D eigenvalue weighted by molar-refractivity contribution is 5.89. The van der Waals surface area contributed by atoms with Crippen molar-refractivity contribution in [2.75, 3.05) is 0 Å². The number of nitrogens with zero attached hydrogens (tertiary/aromatic N) is 1. The summed E-state index contributed by atoms with van der Waals surface area (Å²) < 4.78 is 5.39. The van der Waals surface area contributed by atoms with Gasteiger partial charge >= 0.3 is 5.97 Å². The Morgan fingerprint density at radius 3 is 2.47 bits per heavy atom. The molecule has 4 heteroatoms. The van der Waals surface area contributed by atoms with Crippen LogP contribution in [0.2, 0.25) is 0 Å². The maximum absolute atomic E-state index is 11.8. The Morgan fingerprint density at radius 2 is 1.88 bits per heavy atom. The van der Waals surface area contributed by atoms with E-state index in [2.05, 4.69) is 5.16 Å². The predicted octanol–water partition coefficient (Wildman–Crippen LogP) is 2.62. The molecule has 0 radical (unpaired) electrons. The van der Waals surface area contributed by atoms with Crippen molar-refractivity contribution in [1.29, 1.82) is 0 Å². The molecule has 0 amide bonds. The molecule has 0 aliphatic heterocycles. The molecule has 0 unspecified atom stereocenters. The van der Waals surface area contributed by atoms with Gasteiger partial charge in [0.05, 0.1) is 11.3 Å². The molecule has 0 spiro atoms. The van der Waals surface area contributed by atoms with E-state index in [9.17, 15) is 4.79 Å². The average Bonchev–Trinajstić information content (AvgIpc) is 2.40. The second kappa shape index (κ2) is 5.48. The van der Waals surface area contributed by atoms with E-state index in [0.717, 1.165) is 18.6 Å². The number of esters is 1. The van der Waals surface area contributed by atoms with Gasteiger partial charge in [0, 0.05) is 0 Å². The van der Waals surface area contributed by atoms with Crippen LogP contribution in [0.25, 0.3) is 0 Å². The van der Waals surface area contributed by atoms with Crippen molar-refractivity contribution in [3.8, 4) is 0 Å². The van der Waals surface area contributed by atoms with E-state index >= 15 is 0 Å². The maximum Gasteiger partial charge on any atom is 0.338 e. The van der Waals surface area contributed by atoms with Crippen molar-refractivity contribution in [3.05, 3.63) is 35.9 Å². The molecule has 1 aliphatic rings. The summed E-state index contributed by atoms with van der Waals surface area (Å²) in [4.78, 5) is 11.8. The van der Waals surface area contributed by atoms with Crippen molar-refractivity contribution in [2.45, 2.75) is 31.8 Å². The summed E-state index contributed by atoms with van der Waals surface area (Å²) in [7, 11) is 0. The molecule has 0 aromatic heterocycles. The second-order valence-corrected chi connectivity index (χ2v) is 4.14. The first-order chi connectivity index (χ1) is 8.29. The molecule has 1 aliphatic carbocycles. The number of hydrogen-bond donors (Lipinski definition) is 1. The summed E-state index contributed by atoms with van der Waals surface area (Å²) in [5.41, 5.74) is 1.37. The van der Waals surface area contributed by atoms with Crippen LogP contribution < -0.4 is 0 Å². The zero-order valence-electron chi connectivity index (χ0n) is 9.50. The minimum Gasteiger partial charge on any atom is -0.459 e. The van der Waals surface area contributed by atoms with Crippen LogP contribution in [0.3, 0.4) is 0 Å². The first-order valence-corrected chi connectivity index (χ1v) is 5.75. The summed E-state index contributed by atoms with van der Waals surface area (Å²) in [5, 5.41) is 11.8. The molecule has 0 atom stereocenters. The standard InChI is InChI=1S/C13H15NO3/c15-13(10-4-2-1-3-5-10)17-12-8-6-11(14-16)7-9-12/h1-5,12,16H,6-9H2. The lowest BCUT2D eigenvalue weighted by Crippen LogP contribution is -2.24. The maximum atomic E-state index is 11.8. The van der Waals surface area contributed by atoms with Crippen LogP contribution in [-0.4, -0.2) is 23.0 Å². The Balaban J connectivity index is 1.88. The Labute approximate surface area is 99.9 Å². The van der Waals surface area contributed by atoms with E-state index in [1.807, 2.05) is 18.2 Å². The molecule has 1 fully saturated rings. The van der Waals surface area contributed by atoms with Gasteiger partial charge in [-0.1, -0.05) is 23.4 Å². The minimum absolute atomic E-state index is 0.0618. The Bertz CT molecular complexity index is 404. The number of ether oxygens (including phenoxy) is 1. The van der Waals surface area contributed by atoms with E-state index in [0.29, 0.717) is 18.4 Å². The van der Waals surface area contributed by atoms with Crippen molar-refractivity contribution >= 4 is 11.7 Å². The largest absolute Gasteiger partial charge is 0.459 e. The zero-order valence-corrected chi connectivity index (χ0v) is 9.50. The molecular formula is C13H15NO3. The van der Waals surface area contributed by atoms with Crippen LogP contribution in [0.15, 0.2) is 35.5 Å². The van der Waals surface area contributed by atoms with Crippen LogP contribution >= 0.6 is 0 Å². The molecule has 1 aromatic carbocycles. The van der Waals surface area contributed by atoms with Crippen LogP contribution in [0.5, 0.6) is 0 Å². The van der Waals surface area contributed by atoms with E-state index in [1.54, 1.807) is 12.1 Å². The van der Waals surface area contributed by atoms with Crippen molar-refractivity contribution in [3.63, 3.8) is 0 Å². The van der Waals surface area contributed by atoms with Gasteiger partial charge in [-0.25, -0.2) is 4.79 Å². The Morgan fingerprint density at radius 1 is 1.24 bits per heavy atom. The lowest BCUT2D eigenvalue weighted by Gasteiger charge is -2.22. The van der Waals surface area contributed by atoms with Crippen LogP contribution in [0.4, 0.5) is 0 Å². The highest BCUT2D eigenvalue weighted by Crippen LogP contribution is 2.20. The quantitative estimate of drug-likeness (QED) is 0.485. The summed E-state index contributed by atoms with van der Waals surface area (Å²) in [6.07, 6.45) is 2.80. The van der Waals surface area contributed by atoms with Crippen molar-refractivity contribution in [1.82, 2.24) is 0 Å². The zero-order chi connectivity index (χ0) is 12.1. The average molecular weight is 233 g/mol. The normalized spacial score (nSPS) is 19.8. The highest BCUT2D eigenvalue weighted by atomic mass is 16.5. The third-order valence-electron chi connectivity index (χ3n) is 2.93. The summed E-state index contributed by atoms with van der Waals surface area (Å²) >= 11 is 0. The van der Waals surface area contributed by atoms with E-state index in [-0.39, 0.29) is 12.1 Å². The first-order valence-electron chi connectivity index (χ1n) is 5.75. The van der Waals surface area contributed by atoms with E-state index in [1.165, 1.54) is 0 Å². The lowest BCUT2D eigenvalue weighted by molar-refractivity contribution is 0.0255. The summed E-state index contributed by atoms with van der Waals surface area (Å²) in [6.45, 7) is 0. The Hall–Kier alpha value is -1.84. The lowest BCUT2D eigenvalue weighted by atomic mass is 9.96. The topological polar surface area (TPSA) is 58.9 Å². The van der Waals surface area contributed by atoms with Gasteiger partial charge in [-0.2, -0.15) is 0 Å². The smallest absolute Gasteiger partial charge is 0.338 e. The van der Waals surface area contributed by atoms with Gasteiger partial charge in [-0.05, 0) is 37.8 Å². The third kappa shape index (κ3) is 3.06. The molecule has 0 saturated heterocycles.